The standard InChI is InChI=1S/C12H14N2O2S/c1-8(15)17-9-6-12(16)14(7-9)11-5-3-2-4-10(11)13/h2-5,9H,6-7,13H2,1H3. The Labute approximate surface area is 104 Å². The fourth-order valence-corrected chi connectivity index (χ4v) is 2.87. The summed E-state index contributed by atoms with van der Waals surface area (Å²) in [6, 6.07) is 7.29. The van der Waals surface area contributed by atoms with Gasteiger partial charge in [-0.3, -0.25) is 9.59 Å². The van der Waals surface area contributed by atoms with Crippen molar-refractivity contribution in [2.45, 2.75) is 18.6 Å². The van der Waals surface area contributed by atoms with Crippen LogP contribution in [0.2, 0.25) is 0 Å². The van der Waals surface area contributed by atoms with Crippen molar-refractivity contribution in [3.8, 4) is 0 Å². The van der Waals surface area contributed by atoms with Crippen LogP contribution < -0.4 is 10.6 Å². The molecule has 1 saturated heterocycles. The molecule has 1 aromatic carbocycles. The van der Waals surface area contributed by atoms with Crippen LogP contribution in [0.1, 0.15) is 13.3 Å². The van der Waals surface area contributed by atoms with Crippen molar-refractivity contribution in [3.05, 3.63) is 24.3 Å². The highest BCUT2D eigenvalue weighted by molar-refractivity contribution is 8.14. The van der Waals surface area contributed by atoms with Crippen LogP contribution in [0.4, 0.5) is 11.4 Å². The molecule has 1 amide bonds. The molecule has 2 N–H and O–H groups in total. The van der Waals surface area contributed by atoms with Gasteiger partial charge in [-0.2, -0.15) is 0 Å². The minimum atomic E-state index is 0.0293. The van der Waals surface area contributed by atoms with E-state index in [-0.39, 0.29) is 16.3 Å². The fraction of sp³-hybridized carbons (Fsp3) is 0.333. The van der Waals surface area contributed by atoms with Gasteiger partial charge < -0.3 is 10.6 Å². The second-order valence-corrected chi connectivity index (χ2v) is 5.48. The smallest absolute Gasteiger partial charge is 0.228 e. The number of anilines is 2. The molecule has 0 spiro atoms. The largest absolute Gasteiger partial charge is 0.397 e. The number of para-hydroxylation sites is 2. The lowest BCUT2D eigenvalue weighted by Crippen LogP contribution is -2.25. The number of nitrogens with zero attached hydrogens (tertiary/aromatic N) is 1. The zero-order valence-corrected chi connectivity index (χ0v) is 10.4. The molecular formula is C12H14N2O2S. The summed E-state index contributed by atoms with van der Waals surface area (Å²) in [7, 11) is 0. The van der Waals surface area contributed by atoms with E-state index in [1.807, 2.05) is 18.2 Å². The molecule has 0 aromatic heterocycles. The molecule has 1 aromatic rings. The second-order valence-electron chi connectivity index (χ2n) is 4.00. The number of carbonyl (C=O) groups is 2. The van der Waals surface area contributed by atoms with Gasteiger partial charge in [0.25, 0.3) is 0 Å². The summed E-state index contributed by atoms with van der Waals surface area (Å²) in [5.74, 6) is 0.0293. The van der Waals surface area contributed by atoms with Crippen molar-refractivity contribution in [2.75, 3.05) is 17.2 Å². The first-order valence-electron chi connectivity index (χ1n) is 5.40. The highest BCUT2D eigenvalue weighted by atomic mass is 32.2. The third-order valence-corrected chi connectivity index (χ3v) is 3.63. The number of hydrogen-bond acceptors (Lipinski definition) is 4. The Kier molecular flexibility index (Phi) is 3.38. The van der Waals surface area contributed by atoms with E-state index < -0.39 is 0 Å². The summed E-state index contributed by atoms with van der Waals surface area (Å²) >= 11 is 1.23. The van der Waals surface area contributed by atoms with Crippen LogP contribution in [-0.4, -0.2) is 22.8 Å². The Morgan fingerprint density at radius 2 is 2.18 bits per heavy atom. The first-order chi connectivity index (χ1) is 8.08. The van der Waals surface area contributed by atoms with Crippen LogP contribution in [0, 0.1) is 0 Å². The van der Waals surface area contributed by atoms with E-state index >= 15 is 0 Å². The molecule has 1 aliphatic heterocycles. The third kappa shape index (κ3) is 2.61. The van der Waals surface area contributed by atoms with E-state index in [0.29, 0.717) is 18.7 Å². The van der Waals surface area contributed by atoms with Crippen molar-refractivity contribution in [3.63, 3.8) is 0 Å². The normalized spacial score (nSPS) is 19.7. The maximum atomic E-state index is 11.9. The molecule has 0 aliphatic carbocycles. The van der Waals surface area contributed by atoms with Crippen LogP contribution >= 0.6 is 11.8 Å². The van der Waals surface area contributed by atoms with Crippen molar-refractivity contribution in [1.82, 2.24) is 0 Å². The number of nitrogens with two attached hydrogens (primary N) is 1. The summed E-state index contributed by atoms with van der Waals surface area (Å²) < 4.78 is 0. The van der Waals surface area contributed by atoms with Crippen LogP contribution in [0.15, 0.2) is 24.3 Å². The van der Waals surface area contributed by atoms with Crippen molar-refractivity contribution in [2.24, 2.45) is 0 Å². The number of carbonyl (C=O) groups excluding carboxylic acids is 2. The van der Waals surface area contributed by atoms with Gasteiger partial charge in [-0.1, -0.05) is 23.9 Å². The number of thioether (sulfide) groups is 1. The minimum Gasteiger partial charge on any atom is -0.397 e. The number of benzene rings is 1. The Balaban J connectivity index is 2.16. The summed E-state index contributed by atoms with van der Waals surface area (Å²) in [5.41, 5.74) is 7.17. The molecule has 1 aliphatic rings. The summed E-state index contributed by atoms with van der Waals surface area (Å²) in [6.07, 6.45) is 0.401. The van der Waals surface area contributed by atoms with Gasteiger partial charge in [-0.15, -0.1) is 0 Å². The quantitative estimate of drug-likeness (QED) is 0.811. The highest BCUT2D eigenvalue weighted by Crippen LogP contribution is 2.31. The zero-order chi connectivity index (χ0) is 12.4. The van der Waals surface area contributed by atoms with Gasteiger partial charge in [0.05, 0.1) is 11.4 Å². The van der Waals surface area contributed by atoms with Gasteiger partial charge in [0.2, 0.25) is 5.91 Å². The maximum absolute atomic E-state index is 11.9. The SMILES string of the molecule is CC(=O)SC1CC(=O)N(c2ccccc2N)C1. The topological polar surface area (TPSA) is 63.4 Å². The van der Waals surface area contributed by atoms with Crippen LogP contribution in [0.5, 0.6) is 0 Å². The van der Waals surface area contributed by atoms with Gasteiger partial charge in [0.1, 0.15) is 0 Å². The Hall–Kier alpha value is -1.49. The predicted molar refractivity (Wildman–Crippen MR) is 69.9 cm³/mol. The van der Waals surface area contributed by atoms with Crippen LogP contribution in [0.25, 0.3) is 0 Å². The fourth-order valence-electron chi connectivity index (χ4n) is 1.95. The lowest BCUT2D eigenvalue weighted by molar-refractivity contribution is -0.117. The number of nitrogen functional groups attached to an aromatic ring is 1. The van der Waals surface area contributed by atoms with Crippen molar-refractivity contribution >= 4 is 34.2 Å². The lowest BCUT2D eigenvalue weighted by atomic mass is 10.2. The summed E-state index contributed by atoms with van der Waals surface area (Å²) in [4.78, 5) is 24.6. The molecule has 5 heteroatoms. The molecule has 0 saturated carbocycles. The van der Waals surface area contributed by atoms with E-state index in [1.54, 1.807) is 11.0 Å². The molecule has 17 heavy (non-hydrogen) atoms. The van der Waals surface area contributed by atoms with Gasteiger partial charge in [-0.05, 0) is 12.1 Å². The average Bonchev–Trinajstić information content (AvgIpc) is 2.59. The molecule has 1 atom stereocenters. The molecule has 0 bridgehead atoms. The lowest BCUT2D eigenvalue weighted by Gasteiger charge is -2.18. The second kappa shape index (κ2) is 4.79. The molecule has 0 radical (unpaired) electrons. The van der Waals surface area contributed by atoms with Gasteiger partial charge in [0.15, 0.2) is 5.12 Å². The van der Waals surface area contributed by atoms with E-state index in [9.17, 15) is 9.59 Å². The van der Waals surface area contributed by atoms with Crippen molar-refractivity contribution < 1.29 is 9.59 Å². The molecular weight excluding hydrogens is 236 g/mol. The van der Waals surface area contributed by atoms with Crippen LogP contribution in [-0.2, 0) is 9.59 Å². The predicted octanol–water partition coefficient (Wildman–Crippen LogP) is 1.65. The molecule has 1 unspecified atom stereocenters. The maximum Gasteiger partial charge on any atom is 0.228 e. The Morgan fingerprint density at radius 1 is 1.47 bits per heavy atom. The van der Waals surface area contributed by atoms with Gasteiger partial charge in [-0.25, -0.2) is 0 Å². The Bertz CT molecular complexity index is 462. The zero-order valence-electron chi connectivity index (χ0n) is 9.55. The van der Waals surface area contributed by atoms with E-state index in [4.69, 9.17) is 5.73 Å². The average molecular weight is 250 g/mol. The monoisotopic (exact) mass is 250 g/mol. The van der Waals surface area contributed by atoms with E-state index in [2.05, 4.69) is 0 Å². The molecule has 90 valence electrons. The molecule has 1 fully saturated rings. The first-order valence-corrected chi connectivity index (χ1v) is 6.28. The van der Waals surface area contributed by atoms with E-state index in [0.717, 1.165) is 5.69 Å². The highest BCUT2D eigenvalue weighted by Gasteiger charge is 2.32. The molecule has 4 nitrogen and oxygen atoms in total. The third-order valence-electron chi connectivity index (χ3n) is 2.65. The number of amides is 1. The van der Waals surface area contributed by atoms with Crippen LogP contribution in [0.3, 0.4) is 0 Å². The minimum absolute atomic E-state index is 0.0293. The number of rotatable bonds is 2. The Morgan fingerprint density at radius 3 is 2.82 bits per heavy atom. The molecule has 2 rings (SSSR count). The van der Waals surface area contributed by atoms with E-state index in [1.165, 1.54) is 18.7 Å². The van der Waals surface area contributed by atoms with Gasteiger partial charge in [0, 0.05) is 25.1 Å². The first kappa shape index (κ1) is 12.0. The van der Waals surface area contributed by atoms with Gasteiger partial charge >= 0.3 is 0 Å². The van der Waals surface area contributed by atoms with Crippen molar-refractivity contribution in [1.29, 1.82) is 0 Å². The summed E-state index contributed by atoms with van der Waals surface area (Å²) in [6.45, 7) is 2.08. The summed E-state index contributed by atoms with van der Waals surface area (Å²) in [5, 5.41) is 0.0882. The molecule has 1 heterocycles. The number of hydrogen-bond donors (Lipinski definition) is 1.